The van der Waals surface area contributed by atoms with Crippen LogP contribution in [0, 0.1) is 5.92 Å². The zero-order valence-corrected chi connectivity index (χ0v) is 12.0. The van der Waals surface area contributed by atoms with Gasteiger partial charge in [-0.25, -0.2) is 0 Å². The number of halogens is 1. The highest BCUT2D eigenvalue weighted by Gasteiger charge is 2.46. The summed E-state index contributed by atoms with van der Waals surface area (Å²) in [6.07, 6.45) is 0.908. The lowest BCUT2D eigenvalue weighted by molar-refractivity contribution is -0.156. The molecular formula is C14H17BrO2. The third kappa shape index (κ3) is 3.32. The van der Waals surface area contributed by atoms with Gasteiger partial charge in [-0.1, -0.05) is 28.1 Å². The van der Waals surface area contributed by atoms with Crippen molar-refractivity contribution in [1.82, 2.24) is 0 Å². The van der Waals surface area contributed by atoms with E-state index in [0.717, 1.165) is 10.9 Å². The predicted octanol–water partition coefficient (Wildman–Crippen LogP) is 3.89. The fourth-order valence-corrected chi connectivity index (χ4v) is 2.36. The van der Waals surface area contributed by atoms with E-state index in [2.05, 4.69) is 28.1 Å². The van der Waals surface area contributed by atoms with Gasteiger partial charge in [0.1, 0.15) is 5.60 Å². The highest BCUT2D eigenvalue weighted by atomic mass is 79.9. The summed E-state index contributed by atoms with van der Waals surface area (Å²) in [6.45, 7) is 5.71. The number of esters is 1. The van der Waals surface area contributed by atoms with Crippen LogP contribution in [0.25, 0.3) is 0 Å². The SMILES string of the molecule is CC(C)(C)OC(=O)[C@@H]1C[C@H]1c1cccc(Br)c1. The largest absolute Gasteiger partial charge is 0.460 e. The maximum Gasteiger partial charge on any atom is 0.310 e. The highest BCUT2D eigenvalue weighted by Crippen LogP contribution is 2.48. The van der Waals surface area contributed by atoms with Gasteiger partial charge >= 0.3 is 5.97 Å². The van der Waals surface area contributed by atoms with Crippen molar-refractivity contribution < 1.29 is 9.53 Å². The van der Waals surface area contributed by atoms with Crippen LogP contribution >= 0.6 is 15.9 Å². The number of carbonyl (C=O) groups excluding carboxylic acids is 1. The van der Waals surface area contributed by atoms with Gasteiger partial charge in [-0.2, -0.15) is 0 Å². The van der Waals surface area contributed by atoms with Crippen molar-refractivity contribution in [1.29, 1.82) is 0 Å². The zero-order chi connectivity index (χ0) is 12.6. The van der Waals surface area contributed by atoms with Crippen molar-refractivity contribution in [3.05, 3.63) is 34.3 Å². The van der Waals surface area contributed by atoms with Crippen LogP contribution in [0.1, 0.15) is 38.7 Å². The maximum absolute atomic E-state index is 11.9. The lowest BCUT2D eigenvalue weighted by Gasteiger charge is -2.19. The lowest BCUT2D eigenvalue weighted by Crippen LogP contribution is -2.25. The van der Waals surface area contributed by atoms with Gasteiger partial charge in [0.05, 0.1) is 5.92 Å². The van der Waals surface area contributed by atoms with Crippen LogP contribution in [0.2, 0.25) is 0 Å². The predicted molar refractivity (Wildman–Crippen MR) is 70.8 cm³/mol. The standard InChI is InChI=1S/C14H17BrO2/c1-14(2,3)17-13(16)12-8-11(12)9-5-4-6-10(15)7-9/h4-7,11-12H,8H2,1-3H3/t11-,12+/m0/s1. The molecule has 2 nitrogen and oxygen atoms in total. The Morgan fingerprint density at radius 3 is 2.71 bits per heavy atom. The third-order valence-corrected chi connectivity index (χ3v) is 3.27. The van der Waals surface area contributed by atoms with Crippen molar-refractivity contribution in [2.24, 2.45) is 5.92 Å². The minimum Gasteiger partial charge on any atom is -0.460 e. The first-order chi connectivity index (χ1) is 7.87. The molecule has 2 atom stereocenters. The molecule has 0 N–H and O–H groups in total. The first kappa shape index (κ1) is 12.6. The van der Waals surface area contributed by atoms with E-state index in [1.165, 1.54) is 5.56 Å². The van der Waals surface area contributed by atoms with Crippen LogP contribution in [0.5, 0.6) is 0 Å². The molecule has 1 aliphatic carbocycles. The summed E-state index contributed by atoms with van der Waals surface area (Å²) in [7, 11) is 0. The molecule has 0 saturated heterocycles. The molecule has 1 aliphatic rings. The average Bonchev–Trinajstić information content (AvgIpc) is 2.94. The lowest BCUT2D eigenvalue weighted by atomic mass is 10.1. The molecule has 92 valence electrons. The van der Waals surface area contributed by atoms with Crippen LogP contribution in [0.4, 0.5) is 0 Å². The Balaban J connectivity index is 1.99. The summed E-state index contributed by atoms with van der Waals surface area (Å²) in [5.74, 6) is 0.313. The molecule has 0 radical (unpaired) electrons. The van der Waals surface area contributed by atoms with E-state index in [1.54, 1.807) is 0 Å². The van der Waals surface area contributed by atoms with Gasteiger partial charge in [-0.3, -0.25) is 4.79 Å². The number of hydrogen-bond acceptors (Lipinski definition) is 2. The van der Waals surface area contributed by atoms with E-state index in [-0.39, 0.29) is 17.5 Å². The fraction of sp³-hybridized carbons (Fsp3) is 0.500. The summed E-state index contributed by atoms with van der Waals surface area (Å²) in [5.41, 5.74) is 0.830. The van der Waals surface area contributed by atoms with Crippen molar-refractivity contribution in [2.75, 3.05) is 0 Å². The topological polar surface area (TPSA) is 26.3 Å². The summed E-state index contributed by atoms with van der Waals surface area (Å²) in [6, 6.07) is 8.15. The molecule has 0 spiro atoms. The number of ether oxygens (including phenoxy) is 1. The van der Waals surface area contributed by atoms with E-state index in [0.29, 0.717) is 5.92 Å². The summed E-state index contributed by atoms with van der Waals surface area (Å²) >= 11 is 3.45. The Labute approximate surface area is 110 Å². The number of hydrogen-bond donors (Lipinski definition) is 0. The van der Waals surface area contributed by atoms with Crippen molar-refractivity contribution in [3.8, 4) is 0 Å². The monoisotopic (exact) mass is 296 g/mol. The third-order valence-electron chi connectivity index (χ3n) is 2.78. The van der Waals surface area contributed by atoms with E-state index in [9.17, 15) is 4.79 Å². The molecule has 0 bridgehead atoms. The molecule has 0 amide bonds. The minimum atomic E-state index is -0.387. The zero-order valence-electron chi connectivity index (χ0n) is 10.4. The Hall–Kier alpha value is -0.830. The van der Waals surface area contributed by atoms with Gasteiger partial charge in [0.25, 0.3) is 0 Å². The first-order valence-electron chi connectivity index (χ1n) is 5.85. The fourth-order valence-electron chi connectivity index (χ4n) is 1.94. The quantitative estimate of drug-likeness (QED) is 0.774. The smallest absolute Gasteiger partial charge is 0.310 e. The van der Waals surface area contributed by atoms with Crippen molar-refractivity contribution in [3.63, 3.8) is 0 Å². The van der Waals surface area contributed by atoms with Crippen LogP contribution < -0.4 is 0 Å². The minimum absolute atomic E-state index is 0.0449. The molecule has 1 saturated carbocycles. The number of carbonyl (C=O) groups is 1. The van der Waals surface area contributed by atoms with Gasteiger partial charge in [-0.05, 0) is 50.8 Å². The second-order valence-corrected chi connectivity index (χ2v) is 6.45. The van der Waals surface area contributed by atoms with E-state index in [1.807, 2.05) is 32.9 Å². The van der Waals surface area contributed by atoms with Gasteiger partial charge < -0.3 is 4.74 Å². The molecule has 0 unspecified atom stereocenters. The highest BCUT2D eigenvalue weighted by molar-refractivity contribution is 9.10. The van der Waals surface area contributed by atoms with Crippen LogP contribution in [0.3, 0.4) is 0 Å². The molecule has 1 aromatic carbocycles. The Morgan fingerprint density at radius 2 is 2.12 bits per heavy atom. The van der Waals surface area contributed by atoms with Crippen molar-refractivity contribution in [2.45, 2.75) is 38.7 Å². The molecular weight excluding hydrogens is 280 g/mol. The molecule has 2 rings (SSSR count). The Bertz CT molecular complexity index is 434. The van der Waals surface area contributed by atoms with Crippen LogP contribution in [0.15, 0.2) is 28.7 Å². The summed E-state index contributed by atoms with van der Waals surface area (Å²) in [5, 5.41) is 0. The normalized spacial score (nSPS) is 23.3. The van der Waals surface area contributed by atoms with E-state index >= 15 is 0 Å². The molecule has 0 aliphatic heterocycles. The average molecular weight is 297 g/mol. The molecule has 1 fully saturated rings. The number of rotatable bonds is 2. The van der Waals surface area contributed by atoms with Gasteiger partial charge in [-0.15, -0.1) is 0 Å². The van der Waals surface area contributed by atoms with Gasteiger partial charge in [0, 0.05) is 4.47 Å². The molecule has 0 aromatic heterocycles. The van der Waals surface area contributed by atoms with Gasteiger partial charge in [0.2, 0.25) is 0 Å². The second kappa shape index (κ2) is 4.45. The summed E-state index contributed by atoms with van der Waals surface area (Å²) in [4.78, 5) is 11.9. The molecule has 0 heterocycles. The molecule has 3 heteroatoms. The number of benzene rings is 1. The molecule has 17 heavy (non-hydrogen) atoms. The first-order valence-corrected chi connectivity index (χ1v) is 6.64. The Morgan fingerprint density at radius 1 is 1.41 bits per heavy atom. The summed E-state index contributed by atoms with van der Waals surface area (Å²) < 4.78 is 6.45. The van der Waals surface area contributed by atoms with E-state index in [4.69, 9.17) is 4.74 Å². The van der Waals surface area contributed by atoms with Crippen molar-refractivity contribution >= 4 is 21.9 Å². The maximum atomic E-state index is 11.9. The van der Waals surface area contributed by atoms with E-state index < -0.39 is 0 Å². The van der Waals surface area contributed by atoms with Crippen LogP contribution in [-0.2, 0) is 9.53 Å². The van der Waals surface area contributed by atoms with Gasteiger partial charge in [0.15, 0.2) is 0 Å². The van der Waals surface area contributed by atoms with Crippen LogP contribution in [-0.4, -0.2) is 11.6 Å². The molecule has 1 aromatic rings. The Kier molecular flexibility index (Phi) is 3.30. The second-order valence-electron chi connectivity index (χ2n) is 5.54.